The Morgan fingerprint density at radius 3 is 2.00 bits per heavy atom. The minimum absolute atomic E-state index is 0.578. The van der Waals surface area contributed by atoms with Crippen LogP contribution in [0.4, 0.5) is 13.2 Å². The maximum absolute atomic E-state index is 12.5. The van der Waals surface area contributed by atoms with Crippen LogP contribution in [0.3, 0.4) is 0 Å². The van der Waals surface area contributed by atoms with Crippen LogP contribution in [-0.4, -0.2) is 19.3 Å². The molecule has 0 aliphatic heterocycles. The van der Waals surface area contributed by atoms with Crippen molar-refractivity contribution in [3.8, 4) is 5.75 Å². The summed E-state index contributed by atoms with van der Waals surface area (Å²) in [7, 11) is 1.49. The summed E-state index contributed by atoms with van der Waals surface area (Å²) >= 11 is -2.97. The van der Waals surface area contributed by atoms with Crippen LogP contribution in [0, 0.1) is 7.14 Å². The second kappa shape index (κ2) is 6.99. The average molecular weight is 424 g/mol. The predicted molar refractivity (Wildman–Crippen MR) is 83.0 cm³/mol. The molecule has 0 unspecified atom stereocenters. The molecule has 0 radical (unpaired) electrons. The van der Waals surface area contributed by atoms with Gasteiger partial charge in [0, 0.05) is 0 Å². The summed E-state index contributed by atoms with van der Waals surface area (Å²) in [4.78, 5) is 11.2. The van der Waals surface area contributed by atoms with Crippen molar-refractivity contribution < 1.29 is 25.8 Å². The van der Waals surface area contributed by atoms with E-state index in [-0.39, 0.29) is 0 Å². The van der Waals surface area contributed by atoms with Gasteiger partial charge < -0.3 is 0 Å². The third-order valence-electron chi connectivity index (χ3n) is 2.56. The van der Waals surface area contributed by atoms with Crippen LogP contribution in [0.15, 0.2) is 54.6 Å². The van der Waals surface area contributed by atoms with Crippen LogP contribution in [0.25, 0.3) is 0 Å². The maximum atomic E-state index is 12.5. The molecule has 0 fully saturated rings. The number of methoxy groups -OCH3 is 1. The molecule has 0 amide bonds. The van der Waals surface area contributed by atoms with Gasteiger partial charge in [-0.1, -0.05) is 0 Å². The standard InChI is InChI=1S/C15H12F3IO3/c1-21-13-9-7-12(8-10-13)19(11-5-3-2-4-6-11)22-14(20)15(16,17)18/h2-10H,1H3. The Hall–Kier alpha value is -1.77. The summed E-state index contributed by atoms with van der Waals surface area (Å²) in [5, 5.41) is 0. The first-order valence-electron chi connectivity index (χ1n) is 6.10. The third kappa shape index (κ3) is 4.12. The van der Waals surface area contributed by atoms with Gasteiger partial charge in [0.1, 0.15) is 0 Å². The summed E-state index contributed by atoms with van der Waals surface area (Å²) in [6.45, 7) is 0. The molecule has 0 saturated heterocycles. The van der Waals surface area contributed by atoms with E-state index in [1.807, 2.05) is 0 Å². The zero-order valence-corrected chi connectivity index (χ0v) is 13.6. The van der Waals surface area contributed by atoms with Crippen molar-refractivity contribution in [1.29, 1.82) is 0 Å². The fourth-order valence-corrected chi connectivity index (χ4v) is 5.50. The first kappa shape index (κ1) is 16.6. The molecule has 0 saturated carbocycles. The molecule has 0 heterocycles. The van der Waals surface area contributed by atoms with Crippen molar-refractivity contribution >= 4 is 26.2 Å². The second-order valence-corrected chi connectivity index (χ2v) is 8.42. The molecule has 22 heavy (non-hydrogen) atoms. The number of benzene rings is 2. The monoisotopic (exact) mass is 424 g/mol. The second-order valence-electron chi connectivity index (χ2n) is 4.06. The van der Waals surface area contributed by atoms with Crippen LogP contribution in [0.2, 0.25) is 0 Å². The zero-order valence-electron chi connectivity index (χ0n) is 11.4. The summed E-state index contributed by atoms with van der Waals surface area (Å²) in [6, 6.07) is 15.0. The number of alkyl halides is 3. The molecular formula is C15H12F3IO3. The van der Waals surface area contributed by atoms with Gasteiger partial charge in [-0.3, -0.25) is 0 Å². The van der Waals surface area contributed by atoms with E-state index in [1.165, 1.54) is 7.11 Å². The van der Waals surface area contributed by atoms with Crippen molar-refractivity contribution in [2.24, 2.45) is 0 Å². The molecule has 0 aromatic heterocycles. The van der Waals surface area contributed by atoms with Crippen LogP contribution in [-0.2, 0) is 7.86 Å². The van der Waals surface area contributed by atoms with Gasteiger partial charge in [0.05, 0.1) is 0 Å². The van der Waals surface area contributed by atoms with Gasteiger partial charge in [-0.05, 0) is 0 Å². The quantitative estimate of drug-likeness (QED) is 0.689. The molecule has 118 valence electrons. The van der Waals surface area contributed by atoms with Gasteiger partial charge in [0.15, 0.2) is 0 Å². The topological polar surface area (TPSA) is 35.5 Å². The zero-order chi connectivity index (χ0) is 16.2. The Balaban J connectivity index is 2.35. The number of carbonyl (C=O) groups excluding carboxylic acids is 1. The van der Waals surface area contributed by atoms with E-state index in [0.29, 0.717) is 12.9 Å². The molecule has 2 aromatic carbocycles. The first-order valence-corrected chi connectivity index (χ1v) is 9.14. The number of ether oxygens (including phenoxy) is 1. The van der Waals surface area contributed by atoms with Crippen molar-refractivity contribution in [2.75, 3.05) is 7.11 Å². The van der Waals surface area contributed by atoms with Crippen molar-refractivity contribution in [3.63, 3.8) is 0 Å². The number of hydrogen-bond donors (Lipinski definition) is 0. The predicted octanol–water partition coefficient (Wildman–Crippen LogP) is 4.26. The summed E-state index contributed by atoms with van der Waals surface area (Å²) in [5.41, 5.74) is 0. The average Bonchev–Trinajstić information content (AvgIpc) is 2.52. The van der Waals surface area contributed by atoms with Crippen LogP contribution < -0.4 is 4.74 Å². The van der Waals surface area contributed by atoms with Crippen LogP contribution >= 0.6 is 20.2 Å². The van der Waals surface area contributed by atoms with Gasteiger partial charge in [0.25, 0.3) is 0 Å². The minimum atomic E-state index is -5.00. The molecule has 0 atom stereocenters. The Kier molecular flexibility index (Phi) is 5.28. The first-order chi connectivity index (χ1) is 10.4. The molecule has 7 heteroatoms. The molecular weight excluding hydrogens is 412 g/mol. The van der Waals surface area contributed by atoms with Gasteiger partial charge in [-0.15, -0.1) is 0 Å². The van der Waals surface area contributed by atoms with Crippen LogP contribution in [0.5, 0.6) is 5.75 Å². The normalized spacial score (nSPS) is 11.7. The SMILES string of the molecule is COc1ccc(I(OC(=O)C(F)(F)F)c2ccccc2)cc1. The molecule has 0 spiro atoms. The van der Waals surface area contributed by atoms with Gasteiger partial charge in [0.2, 0.25) is 0 Å². The van der Waals surface area contributed by atoms with E-state index >= 15 is 0 Å². The summed E-state index contributed by atoms with van der Waals surface area (Å²) in [6.07, 6.45) is -5.00. The number of carbonyl (C=O) groups is 1. The Labute approximate surface area is 133 Å². The van der Waals surface area contributed by atoms with E-state index in [2.05, 4.69) is 0 Å². The number of halogens is 4. The van der Waals surface area contributed by atoms with E-state index in [1.54, 1.807) is 54.6 Å². The Morgan fingerprint density at radius 2 is 1.50 bits per heavy atom. The van der Waals surface area contributed by atoms with E-state index < -0.39 is 32.4 Å². The molecule has 2 rings (SSSR count). The molecule has 3 nitrogen and oxygen atoms in total. The third-order valence-corrected chi connectivity index (χ3v) is 7.10. The van der Waals surface area contributed by atoms with Gasteiger partial charge in [-0.2, -0.15) is 0 Å². The molecule has 0 aliphatic carbocycles. The molecule has 0 bridgehead atoms. The molecule has 0 aliphatic rings. The Bertz CT molecular complexity index is 627. The van der Waals surface area contributed by atoms with Crippen molar-refractivity contribution in [1.82, 2.24) is 0 Å². The fourth-order valence-electron chi connectivity index (χ4n) is 1.54. The molecule has 2 aromatic rings. The van der Waals surface area contributed by atoms with Gasteiger partial charge >= 0.3 is 133 Å². The number of hydrogen-bond acceptors (Lipinski definition) is 3. The van der Waals surface area contributed by atoms with E-state index in [4.69, 9.17) is 7.80 Å². The van der Waals surface area contributed by atoms with Gasteiger partial charge in [-0.25, -0.2) is 0 Å². The van der Waals surface area contributed by atoms with Crippen LogP contribution in [0.1, 0.15) is 0 Å². The van der Waals surface area contributed by atoms with Crippen molar-refractivity contribution in [3.05, 3.63) is 61.7 Å². The summed E-state index contributed by atoms with van der Waals surface area (Å²) in [5.74, 6) is -1.58. The van der Waals surface area contributed by atoms with E-state index in [0.717, 1.165) is 0 Å². The van der Waals surface area contributed by atoms with Crippen molar-refractivity contribution in [2.45, 2.75) is 6.18 Å². The summed E-state index contributed by atoms with van der Waals surface area (Å²) < 4.78 is 48.5. The fraction of sp³-hybridized carbons (Fsp3) is 0.133. The van der Waals surface area contributed by atoms with E-state index in [9.17, 15) is 18.0 Å². The molecule has 0 N–H and O–H groups in total. The number of rotatable bonds is 4. The Morgan fingerprint density at radius 1 is 0.955 bits per heavy atom.